The summed E-state index contributed by atoms with van der Waals surface area (Å²) in [6.45, 7) is 10.4. The van der Waals surface area contributed by atoms with Crippen LogP contribution in [-0.4, -0.2) is 29.4 Å². The molecule has 0 saturated heterocycles. The van der Waals surface area contributed by atoms with Crippen LogP contribution in [0.25, 0.3) is 0 Å². The number of carbonyl (C=O) groups is 3. The maximum atomic E-state index is 11.7. The molecule has 0 saturated carbocycles. The number of ether oxygens (including phenoxy) is 2. The summed E-state index contributed by atoms with van der Waals surface area (Å²) < 4.78 is 10.2. The predicted octanol–water partition coefficient (Wildman–Crippen LogP) is 2.27. The number of aldehydes is 1. The monoisotopic (exact) mass is 272 g/mol. The van der Waals surface area contributed by atoms with Gasteiger partial charge in [0.2, 0.25) is 0 Å². The Balaban J connectivity index is 4.32. The quantitative estimate of drug-likeness (QED) is 0.436. The average molecular weight is 272 g/mol. The van der Waals surface area contributed by atoms with Crippen molar-refractivity contribution in [2.75, 3.05) is 0 Å². The second-order valence-electron chi connectivity index (χ2n) is 6.40. The first-order valence-electron chi connectivity index (χ1n) is 6.34. The van der Waals surface area contributed by atoms with E-state index in [2.05, 4.69) is 0 Å². The molecular weight excluding hydrogens is 248 g/mol. The van der Waals surface area contributed by atoms with Gasteiger partial charge in [0, 0.05) is 6.42 Å². The van der Waals surface area contributed by atoms with Crippen molar-refractivity contribution in [1.82, 2.24) is 0 Å². The van der Waals surface area contributed by atoms with E-state index in [1.165, 1.54) is 0 Å². The summed E-state index contributed by atoms with van der Waals surface area (Å²) >= 11 is 0. The average Bonchev–Trinajstić information content (AvgIpc) is 2.12. The minimum absolute atomic E-state index is 0.0138. The summed E-state index contributed by atoms with van der Waals surface area (Å²) in [6.07, 6.45) is 0.631. The van der Waals surface area contributed by atoms with Crippen molar-refractivity contribution < 1.29 is 23.9 Å². The van der Waals surface area contributed by atoms with Gasteiger partial charge in [-0.15, -0.1) is 0 Å². The number of hydrogen-bond acceptors (Lipinski definition) is 5. The van der Waals surface area contributed by atoms with Gasteiger partial charge in [-0.25, -0.2) is 0 Å². The molecule has 0 aliphatic heterocycles. The minimum Gasteiger partial charge on any atom is -0.460 e. The first-order chi connectivity index (χ1) is 8.44. The van der Waals surface area contributed by atoms with Crippen molar-refractivity contribution in [2.45, 2.75) is 65.6 Å². The topological polar surface area (TPSA) is 69.7 Å². The number of hydrogen-bond donors (Lipinski definition) is 0. The van der Waals surface area contributed by atoms with E-state index in [0.29, 0.717) is 6.29 Å². The smallest absolute Gasteiger partial charge is 0.316 e. The van der Waals surface area contributed by atoms with Crippen molar-refractivity contribution >= 4 is 18.2 Å². The first kappa shape index (κ1) is 17.6. The van der Waals surface area contributed by atoms with Gasteiger partial charge in [-0.3, -0.25) is 9.59 Å². The Morgan fingerprint density at radius 2 is 1.47 bits per heavy atom. The zero-order chi connectivity index (χ0) is 15.3. The van der Waals surface area contributed by atoms with Crippen LogP contribution in [0.1, 0.15) is 54.4 Å². The third-order valence-electron chi connectivity index (χ3n) is 1.95. The second kappa shape index (κ2) is 6.68. The molecule has 0 aliphatic carbocycles. The van der Waals surface area contributed by atoms with E-state index in [4.69, 9.17) is 9.47 Å². The predicted molar refractivity (Wildman–Crippen MR) is 70.5 cm³/mol. The van der Waals surface area contributed by atoms with Crippen molar-refractivity contribution in [3.63, 3.8) is 0 Å². The molecule has 0 rings (SSSR count). The summed E-state index contributed by atoms with van der Waals surface area (Å²) in [5.74, 6) is -1.96. The highest BCUT2D eigenvalue weighted by molar-refractivity contribution is 5.88. The normalized spacial score (nSPS) is 13.6. The second-order valence-corrected chi connectivity index (χ2v) is 6.40. The standard InChI is InChI=1S/C14H24O5/c1-13(2,3)18-11(16)8-7-10(9-15)12(17)19-14(4,5)6/h9-10H,7-8H2,1-6H3. The lowest BCUT2D eigenvalue weighted by Gasteiger charge is -2.22. The Labute approximate surface area is 114 Å². The molecule has 0 amide bonds. The fraction of sp³-hybridized carbons (Fsp3) is 0.786. The third-order valence-corrected chi connectivity index (χ3v) is 1.95. The Hall–Kier alpha value is -1.39. The maximum Gasteiger partial charge on any atom is 0.316 e. The van der Waals surface area contributed by atoms with Crippen LogP contribution in [0.15, 0.2) is 0 Å². The van der Waals surface area contributed by atoms with Crippen LogP contribution in [-0.2, 0) is 23.9 Å². The van der Waals surface area contributed by atoms with E-state index >= 15 is 0 Å². The SMILES string of the molecule is CC(C)(C)OC(=O)CCC(C=O)C(=O)OC(C)(C)C. The molecule has 0 spiro atoms. The zero-order valence-corrected chi connectivity index (χ0v) is 12.6. The van der Waals surface area contributed by atoms with Crippen LogP contribution in [0, 0.1) is 5.92 Å². The molecule has 19 heavy (non-hydrogen) atoms. The molecule has 0 aromatic heterocycles. The number of carbonyl (C=O) groups excluding carboxylic acids is 3. The number of esters is 2. The summed E-state index contributed by atoms with van der Waals surface area (Å²) in [6, 6.07) is 0. The lowest BCUT2D eigenvalue weighted by Crippen LogP contribution is -2.30. The van der Waals surface area contributed by atoms with Crippen molar-refractivity contribution in [3.05, 3.63) is 0 Å². The Morgan fingerprint density at radius 3 is 1.84 bits per heavy atom. The van der Waals surface area contributed by atoms with Gasteiger partial charge < -0.3 is 14.3 Å². The summed E-state index contributed by atoms with van der Waals surface area (Å²) in [7, 11) is 0. The van der Waals surface area contributed by atoms with Gasteiger partial charge in [-0.05, 0) is 48.0 Å². The van der Waals surface area contributed by atoms with Crippen LogP contribution in [0.5, 0.6) is 0 Å². The molecule has 1 unspecified atom stereocenters. The Kier molecular flexibility index (Phi) is 6.19. The highest BCUT2D eigenvalue weighted by Crippen LogP contribution is 2.15. The molecule has 0 aromatic rings. The summed E-state index contributed by atoms with van der Waals surface area (Å²) in [5.41, 5.74) is -1.22. The zero-order valence-electron chi connectivity index (χ0n) is 12.6. The molecule has 5 heteroatoms. The Morgan fingerprint density at radius 1 is 1.00 bits per heavy atom. The summed E-state index contributed by atoms with van der Waals surface area (Å²) in [5, 5.41) is 0. The lowest BCUT2D eigenvalue weighted by atomic mass is 10.0. The van der Waals surface area contributed by atoms with Crippen LogP contribution < -0.4 is 0 Å². The molecule has 1 atom stereocenters. The molecule has 0 heterocycles. The van der Waals surface area contributed by atoms with Gasteiger partial charge in [-0.1, -0.05) is 0 Å². The van der Waals surface area contributed by atoms with Gasteiger partial charge >= 0.3 is 11.9 Å². The number of rotatable bonds is 5. The van der Waals surface area contributed by atoms with E-state index in [1.54, 1.807) is 41.5 Å². The van der Waals surface area contributed by atoms with Gasteiger partial charge in [0.1, 0.15) is 23.4 Å². The Bertz CT molecular complexity index is 333. The van der Waals surface area contributed by atoms with Gasteiger partial charge in [0.15, 0.2) is 0 Å². The molecule has 110 valence electrons. The summed E-state index contributed by atoms with van der Waals surface area (Å²) in [4.78, 5) is 34.1. The van der Waals surface area contributed by atoms with E-state index in [0.717, 1.165) is 0 Å². The van der Waals surface area contributed by atoms with Crippen LogP contribution in [0.4, 0.5) is 0 Å². The highest BCUT2D eigenvalue weighted by atomic mass is 16.6. The largest absolute Gasteiger partial charge is 0.460 e. The molecule has 0 aliphatic rings. The van der Waals surface area contributed by atoms with E-state index in [9.17, 15) is 14.4 Å². The van der Waals surface area contributed by atoms with Crippen molar-refractivity contribution in [2.24, 2.45) is 5.92 Å². The molecule has 5 nitrogen and oxygen atoms in total. The van der Waals surface area contributed by atoms with Crippen LogP contribution in [0.2, 0.25) is 0 Å². The van der Waals surface area contributed by atoms with Crippen LogP contribution in [0.3, 0.4) is 0 Å². The molecular formula is C14H24O5. The molecule has 0 radical (unpaired) electrons. The van der Waals surface area contributed by atoms with Crippen molar-refractivity contribution in [1.29, 1.82) is 0 Å². The third kappa shape index (κ3) is 9.22. The van der Waals surface area contributed by atoms with E-state index < -0.39 is 29.1 Å². The maximum absolute atomic E-state index is 11.7. The van der Waals surface area contributed by atoms with Gasteiger partial charge in [0.25, 0.3) is 0 Å². The fourth-order valence-electron chi connectivity index (χ4n) is 1.28. The molecule has 0 bridgehead atoms. The van der Waals surface area contributed by atoms with Crippen LogP contribution >= 0.6 is 0 Å². The first-order valence-corrected chi connectivity index (χ1v) is 6.34. The van der Waals surface area contributed by atoms with Crippen molar-refractivity contribution in [3.8, 4) is 0 Å². The lowest BCUT2D eigenvalue weighted by molar-refractivity contribution is -0.161. The molecule has 0 N–H and O–H groups in total. The highest BCUT2D eigenvalue weighted by Gasteiger charge is 2.26. The fourth-order valence-corrected chi connectivity index (χ4v) is 1.28. The van der Waals surface area contributed by atoms with Gasteiger partial charge in [-0.2, -0.15) is 0 Å². The minimum atomic E-state index is -0.924. The van der Waals surface area contributed by atoms with E-state index in [-0.39, 0.29) is 12.8 Å². The van der Waals surface area contributed by atoms with Gasteiger partial charge in [0.05, 0.1) is 0 Å². The molecule has 0 fully saturated rings. The van der Waals surface area contributed by atoms with E-state index in [1.807, 2.05) is 0 Å². The molecule has 0 aromatic carbocycles.